The summed E-state index contributed by atoms with van der Waals surface area (Å²) in [5, 5.41) is 8.29. The van der Waals surface area contributed by atoms with Crippen LogP contribution in [0.3, 0.4) is 0 Å². The van der Waals surface area contributed by atoms with Gasteiger partial charge in [-0.3, -0.25) is 4.79 Å². The van der Waals surface area contributed by atoms with Gasteiger partial charge in [0.2, 0.25) is 5.41 Å². The number of rotatable bonds is 4. The highest BCUT2D eigenvalue weighted by Crippen LogP contribution is 2.42. The maximum Gasteiger partial charge on any atom is 0.485 e. The number of carbonyl (C=O) groups excluding carboxylic acids is 1. The van der Waals surface area contributed by atoms with Gasteiger partial charge in [-0.2, -0.15) is 0 Å². The minimum absolute atomic E-state index is 0.0814. The maximum atomic E-state index is 12.2. The molecule has 0 saturated carbocycles. The lowest BCUT2D eigenvalue weighted by atomic mass is 10.2. The zero-order valence-electron chi connectivity index (χ0n) is 8.86. The number of phenolic OH excluding ortho intramolecular Hbond substituents is 1. The first-order chi connectivity index (χ1) is 8.87. The van der Waals surface area contributed by atoms with Gasteiger partial charge in [-0.05, 0) is 6.07 Å². The molecule has 1 rings (SSSR count). The molecule has 0 aliphatic rings. The van der Waals surface area contributed by atoms with E-state index in [1.807, 2.05) is 0 Å². The Hall–Kier alpha value is 1.40. The van der Waals surface area contributed by atoms with Crippen molar-refractivity contribution in [1.29, 1.82) is 0 Å². The predicted octanol–water partition coefficient (Wildman–Crippen LogP) is 5.66. The number of hydrogen-bond donors (Lipinski definition) is 1. The molecule has 0 amide bonds. The quantitative estimate of drug-likeness (QED) is 0.349. The summed E-state index contributed by atoms with van der Waals surface area (Å²) < 4.78 is 4.83. The van der Waals surface area contributed by atoms with Crippen LogP contribution in [0.25, 0.3) is 0 Å². The van der Waals surface area contributed by atoms with Crippen LogP contribution in [0.2, 0.25) is 15.1 Å². The Bertz CT molecular complexity index is 558. The molecule has 3 nitrogen and oxygen atoms in total. The van der Waals surface area contributed by atoms with E-state index in [9.17, 15) is 9.90 Å². The summed E-state index contributed by atoms with van der Waals surface area (Å²) in [6.07, 6.45) is -3.72. The lowest BCUT2D eigenvalue weighted by Crippen LogP contribution is -2.42. The Labute approximate surface area is 154 Å². The van der Waals surface area contributed by atoms with Crippen LogP contribution in [-0.4, -0.2) is 23.7 Å². The van der Waals surface area contributed by atoms with E-state index in [2.05, 4.69) is 0 Å². The number of phenols is 1. The third-order valence-electron chi connectivity index (χ3n) is 1.89. The Morgan fingerprint density at radius 2 is 1.55 bits per heavy atom. The number of halogens is 8. The van der Waals surface area contributed by atoms with E-state index in [0.717, 1.165) is 6.07 Å². The zero-order valence-corrected chi connectivity index (χ0v) is 16.9. The summed E-state index contributed by atoms with van der Waals surface area (Å²) in [6, 6.07) is 1.04. The Morgan fingerprint density at radius 3 is 2.00 bits per heavy atom. The molecule has 0 unspecified atom stereocenters. The van der Waals surface area contributed by atoms with Gasteiger partial charge in [-0.1, -0.05) is 68.0 Å². The van der Waals surface area contributed by atoms with Gasteiger partial charge in [0.25, 0.3) is 0 Å². The lowest BCUT2D eigenvalue weighted by molar-refractivity contribution is 0.105. The van der Waals surface area contributed by atoms with Crippen molar-refractivity contribution in [1.82, 2.24) is 0 Å². The summed E-state index contributed by atoms with van der Waals surface area (Å²) in [4.78, 5) is 12.2. The molecule has 0 radical (unpaired) electrons. The summed E-state index contributed by atoms with van der Waals surface area (Å²) in [5.41, 5.74) is -0.371. The van der Waals surface area contributed by atoms with E-state index in [1.54, 1.807) is 0 Å². The summed E-state index contributed by atoms with van der Waals surface area (Å²) in [6.45, 7) is -4.13. The molecule has 20 heavy (non-hydrogen) atoms. The minimum atomic E-state index is -4.13. The van der Waals surface area contributed by atoms with Crippen LogP contribution in [0, 0.1) is 0 Å². The molecule has 0 saturated heterocycles. The smallest absolute Gasteiger partial charge is 0.485 e. The van der Waals surface area contributed by atoms with E-state index >= 15 is 0 Å². The van der Waals surface area contributed by atoms with Gasteiger partial charge in [0.05, 0.1) is 15.6 Å². The van der Waals surface area contributed by atoms with Crippen LogP contribution in [0.1, 0.15) is 10.4 Å². The van der Waals surface area contributed by atoms with Crippen molar-refractivity contribution in [2.75, 3.05) is 0 Å². The highest BCUT2D eigenvalue weighted by molar-refractivity contribution is 7.67. The molecule has 0 fully saturated rings. The van der Waals surface area contributed by atoms with E-state index in [4.69, 9.17) is 94.3 Å². The van der Waals surface area contributed by atoms with Crippen molar-refractivity contribution in [2.45, 2.75) is 0 Å². The van der Waals surface area contributed by atoms with Crippen molar-refractivity contribution < 1.29 is 14.0 Å². The van der Waals surface area contributed by atoms with Gasteiger partial charge >= 0.3 is 13.2 Å². The van der Waals surface area contributed by atoms with Gasteiger partial charge in [0.15, 0.2) is 0 Å². The van der Waals surface area contributed by atoms with Gasteiger partial charge in [-0.25, -0.2) is 0 Å². The largest absolute Gasteiger partial charge is 0.506 e. The van der Waals surface area contributed by atoms with Crippen LogP contribution in [0.5, 0.6) is 5.75 Å². The fraction of sp³-hybridized carbons (Fsp3) is 0. The normalized spacial score (nSPS) is 12.6. The van der Waals surface area contributed by atoms with Crippen LogP contribution >= 0.6 is 90.2 Å². The Balaban J connectivity index is 3.29. The molecule has 112 valence electrons. The number of carbonyl (C=O) groups is 1. The van der Waals surface area contributed by atoms with Crippen molar-refractivity contribution in [3.8, 4) is 5.75 Å². The first kappa shape index (κ1) is 19.5. The number of benzene rings is 1. The van der Waals surface area contributed by atoms with Gasteiger partial charge in [0, 0.05) is 0 Å². The molecule has 0 aliphatic heterocycles. The molecular weight excluding hydrogens is 472 g/mol. The summed E-state index contributed by atoms with van der Waals surface area (Å²) in [7, 11) is 0. The maximum absolute atomic E-state index is 12.2. The van der Waals surface area contributed by atoms with Crippen LogP contribution in [0.15, 0.2) is 6.07 Å². The molecule has 13 heteroatoms. The lowest BCUT2D eigenvalue weighted by Gasteiger charge is -2.20. The summed E-state index contributed by atoms with van der Waals surface area (Å²) in [5.74, 6) is -0.640. The molecule has 0 aromatic heterocycles. The number of aromatic hydroxyl groups is 1. The third kappa shape index (κ3) is 4.70. The van der Waals surface area contributed by atoms with E-state index < -0.39 is 24.3 Å². The Kier molecular flexibility index (Phi) is 6.70. The monoisotopic (exact) mass is 470 g/mol. The van der Waals surface area contributed by atoms with Gasteiger partial charge < -0.3 is 9.22 Å². The molecule has 0 aliphatic carbocycles. The first-order valence-corrected chi connectivity index (χ1v) is 14.4. The van der Waals surface area contributed by atoms with E-state index in [1.165, 1.54) is 0 Å². The van der Waals surface area contributed by atoms with Gasteiger partial charge in [0.1, 0.15) is 10.8 Å². The van der Waals surface area contributed by atoms with Gasteiger partial charge in [-0.15, -0.1) is 22.2 Å². The van der Waals surface area contributed by atoms with Crippen molar-refractivity contribution in [3.63, 3.8) is 0 Å². The predicted molar refractivity (Wildman–Crippen MR) is 89.3 cm³/mol. The molecule has 1 aromatic rings. The second-order valence-electron chi connectivity index (χ2n) is 3.28. The molecule has 0 spiro atoms. The van der Waals surface area contributed by atoms with E-state index in [-0.39, 0.29) is 20.6 Å². The van der Waals surface area contributed by atoms with Crippen LogP contribution < -0.4 is 0 Å². The molecule has 0 heterocycles. The second-order valence-corrected chi connectivity index (χ2v) is 17.9. The molecule has 0 atom stereocenters. The minimum Gasteiger partial charge on any atom is -0.506 e. The van der Waals surface area contributed by atoms with E-state index in [0.29, 0.717) is 0 Å². The fourth-order valence-electron chi connectivity index (χ4n) is 1.11. The van der Waals surface area contributed by atoms with Crippen molar-refractivity contribution in [3.05, 3.63) is 26.7 Å². The Morgan fingerprint density at radius 1 is 1.05 bits per heavy atom. The summed E-state index contributed by atoms with van der Waals surface area (Å²) >= 11 is 45.3. The SMILES string of the molecule is O=C(c1cc(Cl)c(Cl)c(Cl)c1O)[Si](Cl)(Cl)O[Si](Cl)(Cl)Cl. The van der Waals surface area contributed by atoms with Crippen LogP contribution in [0.4, 0.5) is 0 Å². The average molecular weight is 474 g/mol. The van der Waals surface area contributed by atoms with Crippen molar-refractivity contribution in [2.24, 2.45) is 0 Å². The first-order valence-electron chi connectivity index (χ1n) is 4.43. The topological polar surface area (TPSA) is 46.5 Å². The highest BCUT2D eigenvalue weighted by atomic mass is 35.8. The second kappa shape index (κ2) is 6.88. The number of hydrogen-bond acceptors (Lipinski definition) is 3. The van der Waals surface area contributed by atoms with Crippen molar-refractivity contribution >= 4 is 109 Å². The molecule has 1 N–H and O–H groups in total. The van der Waals surface area contributed by atoms with Crippen LogP contribution in [-0.2, 0) is 4.12 Å². The average Bonchev–Trinajstić information content (AvgIpc) is 2.27. The molecular formula is C7H2Cl8O3Si2. The highest BCUT2D eigenvalue weighted by Gasteiger charge is 2.50. The zero-order chi connectivity index (χ0) is 15.9. The molecule has 0 bridgehead atoms. The standard InChI is InChI=1S/C7H2Cl8O3Si2/c8-3-1-2(6(16)5(10)4(3)9)7(17)19(11,12)18-20(13,14)15/h1,16H. The molecule has 1 aromatic carbocycles. The fourth-order valence-corrected chi connectivity index (χ4v) is 11.7. The third-order valence-corrected chi connectivity index (χ3v) is 10.4.